The van der Waals surface area contributed by atoms with Gasteiger partial charge in [0.2, 0.25) is 0 Å². The SMILES string of the molecule is O=C(O)C1CCCN(C(=O)NCCN2CCN(c3cccc(Cl)c3)CC2)C1. The molecule has 2 amide bonds. The van der Waals surface area contributed by atoms with Crippen LogP contribution in [0.15, 0.2) is 24.3 Å². The first kappa shape index (κ1) is 19.8. The van der Waals surface area contributed by atoms with Crippen LogP contribution >= 0.6 is 11.6 Å². The number of aliphatic carboxylic acids is 1. The minimum Gasteiger partial charge on any atom is -0.481 e. The van der Waals surface area contributed by atoms with Crippen LogP contribution < -0.4 is 10.2 Å². The highest BCUT2D eigenvalue weighted by molar-refractivity contribution is 6.30. The van der Waals surface area contributed by atoms with Gasteiger partial charge >= 0.3 is 12.0 Å². The molecule has 2 aliphatic heterocycles. The Bertz CT molecular complexity index is 664. The van der Waals surface area contributed by atoms with Crippen molar-refractivity contribution in [3.05, 3.63) is 29.3 Å². The van der Waals surface area contributed by atoms with Crippen LogP contribution in [0.25, 0.3) is 0 Å². The highest BCUT2D eigenvalue weighted by Gasteiger charge is 2.28. The van der Waals surface area contributed by atoms with Gasteiger partial charge in [-0.05, 0) is 31.0 Å². The molecule has 2 heterocycles. The molecule has 1 unspecified atom stereocenters. The number of anilines is 1. The first-order valence-corrected chi connectivity index (χ1v) is 9.89. The van der Waals surface area contributed by atoms with Crippen LogP contribution in [0.3, 0.4) is 0 Å². The van der Waals surface area contributed by atoms with E-state index in [9.17, 15) is 9.59 Å². The van der Waals surface area contributed by atoms with E-state index < -0.39 is 11.9 Å². The van der Waals surface area contributed by atoms with Crippen molar-refractivity contribution in [3.63, 3.8) is 0 Å². The number of rotatable bonds is 5. The molecule has 0 aromatic heterocycles. The average Bonchev–Trinajstić information content (AvgIpc) is 2.68. The lowest BCUT2D eigenvalue weighted by Crippen LogP contribution is -2.51. The first-order chi connectivity index (χ1) is 13.0. The summed E-state index contributed by atoms with van der Waals surface area (Å²) in [6.07, 6.45) is 1.39. The molecule has 7 nitrogen and oxygen atoms in total. The van der Waals surface area contributed by atoms with Crippen LogP contribution in [0.5, 0.6) is 0 Å². The number of piperazine rings is 1. The minimum atomic E-state index is -0.815. The first-order valence-electron chi connectivity index (χ1n) is 9.51. The number of piperidine rings is 1. The second kappa shape index (κ2) is 9.28. The van der Waals surface area contributed by atoms with Crippen LogP contribution in [-0.4, -0.2) is 79.3 Å². The molecule has 2 fully saturated rings. The lowest BCUT2D eigenvalue weighted by atomic mass is 9.99. The van der Waals surface area contributed by atoms with Crippen LogP contribution in [0.1, 0.15) is 12.8 Å². The number of carboxylic acids is 1. The van der Waals surface area contributed by atoms with Gasteiger partial charge in [0.25, 0.3) is 0 Å². The van der Waals surface area contributed by atoms with Gasteiger partial charge in [-0.15, -0.1) is 0 Å². The Labute approximate surface area is 164 Å². The van der Waals surface area contributed by atoms with E-state index in [1.807, 2.05) is 18.2 Å². The van der Waals surface area contributed by atoms with Gasteiger partial charge in [-0.1, -0.05) is 17.7 Å². The standard InChI is InChI=1S/C19H27ClN4O3/c20-16-4-1-5-17(13-16)23-11-9-22(10-12-23)8-6-21-19(27)24-7-2-3-15(14-24)18(25)26/h1,4-5,13,15H,2-3,6-12,14H2,(H,21,27)(H,25,26). The third-order valence-electron chi connectivity index (χ3n) is 5.31. The molecular weight excluding hydrogens is 368 g/mol. The summed E-state index contributed by atoms with van der Waals surface area (Å²) in [4.78, 5) is 29.6. The van der Waals surface area contributed by atoms with E-state index in [1.165, 1.54) is 0 Å². The van der Waals surface area contributed by atoms with Gasteiger partial charge in [0.05, 0.1) is 5.92 Å². The van der Waals surface area contributed by atoms with Crippen LogP contribution in [0.2, 0.25) is 5.02 Å². The normalized spacial score (nSPS) is 21.1. The molecule has 8 heteroatoms. The Kier molecular flexibility index (Phi) is 6.79. The number of hydrogen-bond acceptors (Lipinski definition) is 4. The van der Waals surface area contributed by atoms with Crippen LogP contribution in [0.4, 0.5) is 10.5 Å². The predicted octanol–water partition coefficient (Wildman–Crippen LogP) is 1.97. The van der Waals surface area contributed by atoms with Crippen LogP contribution in [-0.2, 0) is 4.79 Å². The number of benzene rings is 1. The molecule has 0 bridgehead atoms. The molecule has 148 valence electrons. The summed E-state index contributed by atoms with van der Waals surface area (Å²) in [5, 5.41) is 12.8. The fraction of sp³-hybridized carbons (Fsp3) is 0.579. The minimum absolute atomic E-state index is 0.154. The summed E-state index contributed by atoms with van der Waals surface area (Å²) in [5.74, 6) is -1.26. The smallest absolute Gasteiger partial charge is 0.317 e. The number of nitrogens with zero attached hydrogens (tertiary/aromatic N) is 3. The Balaban J connectivity index is 1.36. The predicted molar refractivity (Wildman–Crippen MR) is 105 cm³/mol. The van der Waals surface area contributed by atoms with Crippen molar-refractivity contribution in [2.75, 3.05) is 57.3 Å². The maximum absolute atomic E-state index is 12.3. The van der Waals surface area contributed by atoms with E-state index in [1.54, 1.807) is 4.90 Å². The van der Waals surface area contributed by atoms with E-state index in [-0.39, 0.29) is 6.03 Å². The number of amides is 2. The van der Waals surface area contributed by atoms with Crippen molar-refractivity contribution in [2.24, 2.45) is 5.92 Å². The number of halogens is 1. The summed E-state index contributed by atoms with van der Waals surface area (Å²) >= 11 is 6.07. The lowest BCUT2D eigenvalue weighted by Gasteiger charge is -2.36. The second-order valence-electron chi connectivity index (χ2n) is 7.16. The maximum atomic E-state index is 12.3. The fourth-order valence-electron chi connectivity index (χ4n) is 3.70. The number of carbonyl (C=O) groups is 2. The molecule has 0 aliphatic carbocycles. The molecule has 2 N–H and O–H groups in total. The Hall–Kier alpha value is -1.99. The van der Waals surface area contributed by atoms with E-state index >= 15 is 0 Å². The molecule has 0 saturated carbocycles. The van der Waals surface area contributed by atoms with Gasteiger partial charge in [-0.25, -0.2) is 4.79 Å². The summed E-state index contributed by atoms with van der Waals surface area (Å²) in [6, 6.07) is 7.75. The molecule has 0 spiro atoms. The number of carboxylic acid groups (broad SMARTS) is 1. The molecule has 1 aromatic rings. The van der Waals surface area contributed by atoms with Gasteiger partial charge in [0, 0.05) is 63.1 Å². The summed E-state index contributed by atoms with van der Waals surface area (Å²) < 4.78 is 0. The largest absolute Gasteiger partial charge is 0.481 e. The Morgan fingerprint density at radius 1 is 1.19 bits per heavy atom. The van der Waals surface area contributed by atoms with Crippen molar-refractivity contribution < 1.29 is 14.7 Å². The fourth-order valence-corrected chi connectivity index (χ4v) is 3.88. The van der Waals surface area contributed by atoms with Gasteiger partial charge in [-0.3, -0.25) is 9.69 Å². The Morgan fingerprint density at radius 2 is 1.96 bits per heavy atom. The van der Waals surface area contributed by atoms with Gasteiger partial charge in [0.1, 0.15) is 0 Å². The third-order valence-corrected chi connectivity index (χ3v) is 5.54. The van der Waals surface area contributed by atoms with E-state index in [2.05, 4.69) is 21.2 Å². The zero-order valence-corrected chi connectivity index (χ0v) is 16.2. The van der Waals surface area contributed by atoms with Crippen molar-refractivity contribution in [3.8, 4) is 0 Å². The van der Waals surface area contributed by atoms with Crippen molar-refractivity contribution in [1.29, 1.82) is 0 Å². The molecule has 3 rings (SSSR count). The number of likely N-dealkylation sites (tertiary alicyclic amines) is 1. The highest BCUT2D eigenvalue weighted by atomic mass is 35.5. The zero-order chi connectivity index (χ0) is 19.2. The summed E-state index contributed by atoms with van der Waals surface area (Å²) in [5.41, 5.74) is 1.15. The number of nitrogens with one attached hydrogen (secondary N) is 1. The van der Waals surface area contributed by atoms with Gasteiger partial charge in [-0.2, -0.15) is 0 Å². The van der Waals surface area contributed by atoms with E-state index in [4.69, 9.17) is 16.7 Å². The Morgan fingerprint density at radius 3 is 2.67 bits per heavy atom. The number of carbonyl (C=O) groups excluding carboxylic acids is 1. The topological polar surface area (TPSA) is 76.1 Å². The summed E-state index contributed by atoms with van der Waals surface area (Å²) in [6.45, 7) is 6.05. The molecular formula is C19H27ClN4O3. The monoisotopic (exact) mass is 394 g/mol. The van der Waals surface area contributed by atoms with E-state index in [0.717, 1.165) is 49.9 Å². The third kappa shape index (κ3) is 5.49. The lowest BCUT2D eigenvalue weighted by molar-refractivity contribution is -0.143. The molecule has 27 heavy (non-hydrogen) atoms. The second-order valence-corrected chi connectivity index (χ2v) is 7.60. The van der Waals surface area contributed by atoms with Gasteiger partial charge < -0.3 is 20.2 Å². The maximum Gasteiger partial charge on any atom is 0.317 e. The van der Waals surface area contributed by atoms with Gasteiger partial charge in [0.15, 0.2) is 0 Å². The van der Waals surface area contributed by atoms with Crippen molar-refractivity contribution in [1.82, 2.24) is 15.1 Å². The quantitative estimate of drug-likeness (QED) is 0.798. The molecule has 0 radical (unpaired) electrons. The molecule has 2 saturated heterocycles. The number of urea groups is 1. The van der Waals surface area contributed by atoms with Crippen molar-refractivity contribution in [2.45, 2.75) is 12.8 Å². The zero-order valence-electron chi connectivity index (χ0n) is 15.4. The van der Waals surface area contributed by atoms with Crippen LogP contribution in [0, 0.1) is 5.92 Å². The summed E-state index contributed by atoms with van der Waals surface area (Å²) in [7, 11) is 0. The molecule has 1 atom stereocenters. The average molecular weight is 395 g/mol. The highest BCUT2D eigenvalue weighted by Crippen LogP contribution is 2.20. The number of hydrogen-bond donors (Lipinski definition) is 2. The molecule has 2 aliphatic rings. The van der Waals surface area contributed by atoms with E-state index in [0.29, 0.717) is 26.1 Å². The molecule has 1 aromatic carbocycles. The van der Waals surface area contributed by atoms with Crippen molar-refractivity contribution >= 4 is 29.3 Å².